The van der Waals surface area contributed by atoms with Gasteiger partial charge in [0, 0.05) is 50.6 Å². The van der Waals surface area contributed by atoms with Gasteiger partial charge in [0.05, 0.1) is 12.1 Å². The molecule has 0 aliphatic carbocycles. The first-order valence-electron chi connectivity index (χ1n) is 11.1. The highest BCUT2D eigenvalue weighted by Gasteiger charge is 2.31. The van der Waals surface area contributed by atoms with Crippen LogP contribution >= 0.6 is 0 Å². The molecule has 4 rings (SSSR count). The Morgan fingerprint density at radius 3 is 2.65 bits per heavy atom. The van der Waals surface area contributed by atoms with Gasteiger partial charge in [0.1, 0.15) is 6.10 Å². The SMILES string of the molecule is O=C(O)N1CC=C(c2ccc(N3CC[C@H](Oc4ccc(C(F)(F)F)cn4)C3)c(CCO)c2)CC1. The van der Waals surface area contributed by atoms with Crippen LogP contribution in [0.2, 0.25) is 0 Å². The number of aromatic nitrogens is 1. The molecule has 0 bridgehead atoms. The second kappa shape index (κ2) is 9.92. The lowest BCUT2D eigenvalue weighted by Crippen LogP contribution is -2.33. The van der Waals surface area contributed by atoms with Crippen LogP contribution in [0.4, 0.5) is 23.7 Å². The fourth-order valence-electron chi connectivity index (χ4n) is 4.35. The summed E-state index contributed by atoms with van der Waals surface area (Å²) < 4.78 is 44.0. The van der Waals surface area contributed by atoms with Gasteiger partial charge >= 0.3 is 12.3 Å². The summed E-state index contributed by atoms with van der Waals surface area (Å²) in [5, 5.41) is 18.7. The smallest absolute Gasteiger partial charge is 0.417 e. The molecule has 2 N–H and O–H groups in total. The van der Waals surface area contributed by atoms with Crippen LogP contribution in [0.15, 0.2) is 42.6 Å². The average molecular weight is 477 g/mol. The molecule has 0 saturated carbocycles. The highest BCUT2D eigenvalue weighted by Crippen LogP contribution is 2.32. The fraction of sp³-hybridized carbons (Fsp3) is 0.417. The molecule has 10 heteroatoms. The number of hydrogen-bond acceptors (Lipinski definition) is 5. The highest BCUT2D eigenvalue weighted by molar-refractivity contribution is 5.73. The Hall–Kier alpha value is -3.27. The van der Waals surface area contributed by atoms with Gasteiger partial charge in [-0.15, -0.1) is 0 Å². The van der Waals surface area contributed by atoms with Gasteiger partial charge in [-0.1, -0.05) is 12.1 Å². The molecule has 1 atom stereocenters. The number of aliphatic hydroxyl groups excluding tert-OH is 1. The Morgan fingerprint density at radius 1 is 1.21 bits per heavy atom. The van der Waals surface area contributed by atoms with Crippen LogP contribution in [0.25, 0.3) is 5.57 Å². The van der Waals surface area contributed by atoms with Crippen molar-refractivity contribution >= 4 is 17.4 Å². The number of carbonyl (C=O) groups is 1. The van der Waals surface area contributed by atoms with Crippen molar-refractivity contribution in [2.75, 3.05) is 37.7 Å². The van der Waals surface area contributed by atoms with Crippen LogP contribution in [0.3, 0.4) is 0 Å². The minimum atomic E-state index is -4.44. The molecule has 34 heavy (non-hydrogen) atoms. The number of pyridine rings is 1. The van der Waals surface area contributed by atoms with Crippen LogP contribution < -0.4 is 9.64 Å². The van der Waals surface area contributed by atoms with Crippen LogP contribution in [0.1, 0.15) is 29.5 Å². The number of anilines is 1. The molecule has 0 unspecified atom stereocenters. The summed E-state index contributed by atoms with van der Waals surface area (Å²) in [6.07, 6.45) is -1.09. The molecule has 2 aromatic rings. The molecule has 2 aliphatic heterocycles. The molecule has 1 aromatic carbocycles. The quantitative estimate of drug-likeness (QED) is 0.653. The third-order valence-electron chi connectivity index (χ3n) is 6.15. The summed E-state index contributed by atoms with van der Waals surface area (Å²) in [5.41, 5.74) is 3.24. The van der Waals surface area contributed by atoms with Crippen LogP contribution in [0.5, 0.6) is 5.88 Å². The monoisotopic (exact) mass is 477 g/mol. The summed E-state index contributed by atoms with van der Waals surface area (Å²) in [4.78, 5) is 18.4. The van der Waals surface area contributed by atoms with E-state index in [0.717, 1.165) is 34.7 Å². The minimum Gasteiger partial charge on any atom is -0.472 e. The Bertz CT molecular complexity index is 1060. The fourth-order valence-corrected chi connectivity index (χ4v) is 4.35. The predicted molar refractivity (Wildman–Crippen MR) is 120 cm³/mol. The third-order valence-corrected chi connectivity index (χ3v) is 6.15. The Kier molecular flexibility index (Phi) is 6.97. The molecule has 3 heterocycles. The van der Waals surface area contributed by atoms with Crippen molar-refractivity contribution in [2.45, 2.75) is 31.5 Å². The first-order valence-corrected chi connectivity index (χ1v) is 11.1. The first kappa shape index (κ1) is 23.9. The zero-order valence-electron chi connectivity index (χ0n) is 18.5. The molecule has 2 aliphatic rings. The van der Waals surface area contributed by atoms with E-state index in [4.69, 9.17) is 9.84 Å². The predicted octanol–water partition coefficient (Wildman–Crippen LogP) is 4.06. The molecule has 0 spiro atoms. The average Bonchev–Trinajstić information content (AvgIpc) is 3.27. The third kappa shape index (κ3) is 5.44. The van der Waals surface area contributed by atoms with E-state index in [9.17, 15) is 23.1 Å². The summed E-state index contributed by atoms with van der Waals surface area (Å²) in [6, 6.07) is 8.25. The maximum absolute atomic E-state index is 12.7. The number of rotatable bonds is 6. The van der Waals surface area contributed by atoms with Crippen molar-refractivity contribution in [1.29, 1.82) is 0 Å². The number of ether oxygens (including phenoxy) is 1. The molecule has 1 amide bonds. The zero-order chi connectivity index (χ0) is 24.3. The number of halogens is 3. The van der Waals surface area contributed by atoms with Gasteiger partial charge in [-0.25, -0.2) is 9.78 Å². The lowest BCUT2D eigenvalue weighted by atomic mass is 9.96. The maximum atomic E-state index is 12.7. The van der Waals surface area contributed by atoms with Crippen LogP contribution in [-0.4, -0.2) is 65.1 Å². The van der Waals surface area contributed by atoms with Gasteiger partial charge in [-0.3, -0.25) is 0 Å². The van der Waals surface area contributed by atoms with Gasteiger partial charge in [0.2, 0.25) is 5.88 Å². The Labute approximate surface area is 195 Å². The van der Waals surface area contributed by atoms with Crippen molar-refractivity contribution in [2.24, 2.45) is 0 Å². The molecule has 0 radical (unpaired) electrons. The van der Waals surface area contributed by atoms with Crippen molar-refractivity contribution in [3.63, 3.8) is 0 Å². The van der Waals surface area contributed by atoms with Gasteiger partial charge in [-0.05, 0) is 47.7 Å². The summed E-state index contributed by atoms with van der Waals surface area (Å²) in [7, 11) is 0. The Balaban J connectivity index is 1.44. The maximum Gasteiger partial charge on any atom is 0.417 e. The number of alkyl halides is 3. The molecule has 182 valence electrons. The zero-order valence-corrected chi connectivity index (χ0v) is 18.5. The van der Waals surface area contributed by atoms with Gasteiger partial charge in [-0.2, -0.15) is 13.2 Å². The largest absolute Gasteiger partial charge is 0.472 e. The van der Waals surface area contributed by atoms with E-state index < -0.39 is 17.8 Å². The van der Waals surface area contributed by atoms with E-state index in [1.165, 1.54) is 11.0 Å². The van der Waals surface area contributed by atoms with Crippen molar-refractivity contribution < 1.29 is 32.9 Å². The molecule has 1 fully saturated rings. The lowest BCUT2D eigenvalue weighted by molar-refractivity contribution is -0.137. The molecule has 1 saturated heterocycles. The summed E-state index contributed by atoms with van der Waals surface area (Å²) in [6.45, 7) is 2.05. The number of nitrogens with zero attached hydrogens (tertiary/aromatic N) is 3. The second-order valence-corrected chi connectivity index (χ2v) is 8.38. The van der Waals surface area contributed by atoms with Crippen molar-refractivity contribution in [1.82, 2.24) is 9.88 Å². The standard InChI is InChI=1S/C24H26F3N3O4/c25-24(26,27)19-2-4-22(28-14-19)34-20-7-11-30(15-20)21-3-1-17(13-18(21)8-12-31)16-5-9-29(10-6-16)23(32)33/h1-5,13-14,20,31H,6-12,15H2,(H,32,33)/t20-/m0/s1. The van der Waals surface area contributed by atoms with Crippen molar-refractivity contribution in [3.8, 4) is 5.88 Å². The van der Waals surface area contributed by atoms with E-state index in [1.807, 2.05) is 24.3 Å². The molecule has 7 nitrogen and oxygen atoms in total. The molecule has 1 aromatic heterocycles. The number of carboxylic acid groups (broad SMARTS) is 1. The number of benzene rings is 1. The number of amides is 1. The van der Waals surface area contributed by atoms with E-state index >= 15 is 0 Å². The molecular formula is C24H26F3N3O4. The molecular weight excluding hydrogens is 451 g/mol. The Morgan fingerprint density at radius 2 is 2.03 bits per heavy atom. The highest BCUT2D eigenvalue weighted by atomic mass is 19.4. The van der Waals surface area contributed by atoms with E-state index in [2.05, 4.69) is 9.88 Å². The summed E-state index contributed by atoms with van der Waals surface area (Å²) in [5.74, 6) is 0.158. The van der Waals surface area contributed by atoms with Crippen molar-refractivity contribution in [3.05, 3.63) is 59.3 Å². The van der Waals surface area contributed by atoms with Gasteiger partial charge in [0.15, 0.2) is 0 Å². The van der Waals surface area contributed by atoms with Gasteiger partial charge < -0.3 is 24.7 Å². The van der Waals surface area contributed by atoms with Crippen LogP contribution in [-0.2, 0) is 12.6 Å². The van der Waals surface area contributed by atoms with Gasteiger partial charge in [0.25, 0.3) is 0 Å². The second-order valence-electron chi connectivity index (χ2n) is 8.38. The number of hydrogen-bond donors (Lipinski definition) is 2. The van der Waals surface area contributed by atoms with E-state index in [0.29, 0.717) is 45.4 Å². The lowest BCUT2D eigenvalue weighted by Gasteiger charge is -2.26. The van der Waals surface area contributed by atoms with E-state index in [-0.39, 0.29) is 18.6 Å². The normalized spacial score (nSPS) is 18.7. The minimum absolute atomic E-state index is 0.00840. The summed E-state index contributed by atoms with van der Waals surface area (Å²) >= 11 is 0. The van der Waals surface area contributed by atoms with Crippen LogP contribution in [0, 0.1) is 0 Å². The van der Waals surface area contributed by atoms with E-state index in [1.54, 1.807) is 0 Å². The first-order chi connectivity index (χ1) is 16.2. The topological polar surface area (TPSA) is 86.1 Å². The number of aliphatic hydroxyl groups is 1.